The van der Waals surface area contributed by atoms with E-state index < -0.39 is 0 Å². The number of nitriles is 1. The molecular weight excluding hydrogens is 170 g/mol. The minimum absolute atomic E-state index is 0.542. The molecule has 14 heavy (non-hydrogen) atoms. The van der Waals surface area contributed by atoms with E-state index in [-0.39, 0.29) is 0 Å². The SMILES string of the molecule is CCC(CC=CC#N)c1ccccc1. The van der Waals surface area contributed by atoms with Crippen LogP contribution in [-0.4, -0.2) is 0 Å². The maximum atomic E-state index is 8.39. The monoisotopic (exact) mass is 185 g/mol. The van der Waals surface area contributed by atoms with Crippen LogP contribution in [-0.2, 0) is 0 Å². The van der Waals surface area contributed by atoms with Gasteiger partial charge in [0, 0.05) is 6.08 Å². The van der Waals surface area contributed by atoms with Gasteiger partial charge in [-0.05, 0) is 24.3 Å². The molecule has 1 rings (SSSR count). The predicted molar refractivity (Wildman–Crippen MR) is 58.8 cm³/mol. The lowest BCUT2D eigenvalue weighted by Gasteiger charge is -2.12. The maximum Gasteiger partial charge on any atom is 0.0908 e. The molecule has 1 heteroatoms. The van der Waals surface area contributed by atoms with Crippen molar-refractivity contribution in [3.63, 3.8) is 0 Å². The van der Waals surface area contributed by atoms with Crippen LogP contribution in [0.15, 0.2) is 42.5 Å². The Morgan fingerprint density at radius 2 is 2.07 bits per heavy atom. The molecule has 0 saturated heterocycles. The van der Waals surface area contributed by atoms with E-state index in [9.17, 15) is 0 Å². The third-order valence-electron chi connectivity index (χ3n) is 2.38. The highest BCUT2D eigenvalue weighted by Crippen LogP contribution is 2.22. The molecule has 0 amide bonds. The lowest BCUT2D eigenvalue weighted by atomic mass is 9.93. The number of rotatable bonds is 4. The summed E-state index contributed by atoms with van der Waals surface area (Å²) in [7, 11) is 0. The van der Waals surface area contributed by atoms with Gasteiger partial charge < -0.3 is 0 Å². The molecule has 0 fully saturated rings. The molecule has 1 aromatic rings. The zero-order chi connectivity index (χ0) is 10.2. The smallest absolute Gasteiger partial charge is 0.0908 e. The average Bonchev–Trinajstić information content (AvgIpc) is 2.26. The molecule has 0 aliphatic heterocycles. The van der Waals surface area contributed by atoms with Crippen molar-refractivity contribution < 1.29 is 0 Å². The molecule has 0 N–H and O–H groups in total. The highest BCUT2D eigenvalue weighted by molar-refractivity contribution is 5.20. The van der Waals surface area contributed by atoms with E-state index >= 15 is 0 Å². The lowest BCUT2D eigenvalue weighted by Crippen LogP contribution is -1.94. The molecule has 1 unspecified atom stereocenters. The Balaban J connectivity index is 2.64. The summed E-state index contributed by atoms with van der Waals surface area (Å²) >= 11 is 0. The minimum Gasteiger partial charge on any atom is -0.193 e. The van der Waals surface area contributed by atoms with Crippen LogP contribution in [0.1, 0.15) is 31.2 Å². The fourth-order valence-corrected chi connectivity index (χ4v) is 1.55. The molecule has 0 saturated carbocycles. The van der Waals surface area contributed by atoms with Crippen LogP contribution < -0.4 is 0 Å². The largest absolute Gasteiger partial charge is 0.193 e. The Kier molecular flexibility index (Phi) is 4.50. The third kappa shape index (κ3) is 3.06. The molecule has 1 aromatic carbocycles. The first kappa shape index (κ1) is 10.5. The summed E-state index contributed by atoms with van der Waals surface area (Å²) < 4.78 is 0. The number of benzene rings is 1. The predicted octanol–water partition coefficient (Wildman–Crippen LogP) is 3.65. The van der Waals surface area contributed by atoms with Crippen molar-refractivity contribution in [2.75, 3.05) is 0 Å². The van der Waals surface area contributed by atoms with Crippen molar-refractivity contribution in [1.82, 2.24) is 0 Å². The summed E-state index contributed by atoms with van der Waals surface area (Å²) in [5.41, 5.74) is 1.36. The first-order valence-electron chi connectivity index (χ1n) is 4.98. The van der Waals surface area contributed by atoms with Gasteiger partial charge in [-0.2, -0.15) is 5.26 Å². The van der Waals surface area contributed by atoms with Gasteiger partial charge in [0.25, 0.3) is 0 Å². The Hall–Kier alpha value is -1.55. The summed E-state index contributed by atoms with van der Waals surface area (Å²) in [6, 6.07) is 12.5. The van der Waals surface area contributed by atoms with E-state index in [1.54, 1.807) is 6.08 Å². The second-order valence-corrected chi connectivity index (χ2v) is 3.28. The Bertz CT molecular complexity index is 319. The zero-order valence-electron chi connectivity index (χ0n) is 8.48. The van der Waals surface area contributed by atoms with Crippen molar-refractivity contribution >= 4 is 0 Å². The summed E-state index contributed by atoms with van der Waals surface area (Å²) in [4.78, 5) is 0. The summed E-state index contributed by atoms with van der Waals surface area (Å²) in [5, 5.41) is 8.39. The first-order chi connectivity index (χ1) is 6.88. The van der Waals surface area contributed by atoms with Crippen LogP contribution >= 0.6 is 0 Å². The minimum atomic E-state index is 0.542. The van der Waals surface area contributed by atoms with Crippen LogP contribution in [0.3, 0.4) is 0 Å². The fraction of sp³-hybridized carbons (Fsp3) is 0.308. The molecule has 0 spiro atoms. The van der Waals surface area contributed by atoms with Crippen molar-refractivity contribution in [2.24, 2.45) is 0 Å². The van der Waals surface area contributed by atoms with Gasteiger partial charge in [-0.15, -0.1) is 0 Å². The highest BCUT2D eigenvalue weighted by Gasteiger charge is 2.05. The summed E-state index contributed by atoms with van der Waals surface area (Å²) in [6.45, 7) is 2.18. The number of hydrogen-bond donors (Lipinski definition) is 0. The quantitative estimate of drug-likeness (QED) is 0.657. The van der Waals surface area contributed by atoms with Crippen molar-refractivity contribution in [1.29, 1.82) is 5.26 Å². The standard InChI is InChI=1S/C13H15N/c1-2-12(8-6-7-11-14)13-9-4-3-5-10-13/h3-7,9-10,12H,2,8H2,1H3. The first-order valence-corrected chi connectivity index (χ1v) is 4.98. The molecule has 72 valence electrons. The van der Waals surface area contributed by atoms with E-state index in [2.05, 4.69) is 31.2 Å². The summed E-state index contributed by atoms with van der Waals surface area (Å²) in [5.74, 6) is 0.542. The molecule has 0 bridgehead atoms. The van der Waals surface area contributed by atoms with E-state index in [1.807, 2.05) is 18.2 Å². The molecule has 0 radical (unpaired) electrons. The number of hydrogen-bond acceptors (Lipinski definition) is 1. The fourth-order valence-electron chi connectivity index (χ4n) is 1.55. The molecule has 0 aliphatic carbocycles. The zero-order valence-corrected chi connectivity index (χ0v) is 8.48. The molecule has 0 heterocycles. The Labute approximate surface area is 85.7 Å². The maximum absolute atomic E-state index is 8.39. The van der Waals surface area contributed by atoms with Crippen LogP contribution in [0.25, 0.3) is 0 Å². The van der Waals surface area contributed by atoms with Gasteiger partial charge in [0.05, 0.1) is 6.07 Å². The van der Waals surface area contributed by atoms with Crippen molar-refractivity contribution in [3.05, 3.63) is 48.0 Å². The van der Waals surface area contributed by atoms with Gasteiger partial charge in [0.1, 0.15) is 0 Å². The average molecular weight is 185 g/mol. The normalized spacial score (nSPS) is 12.6. The van der Waals surface area contributed by atoms with Crippen LogP contribution in [0, 0.1) is 11.3 Å². The van der Waals surface area contributed by atoms with Gasteiger partial charge in [-0.25, -0.2) is 0 Å². The van der Waals surface area contributed by atoms with Crippen LogP contribution in [0.5, 0.6) is 0 Å². The molecule has 0 aliphatic rings. The van der Waals surface area contributed by atoms with Gasteiger partial charge in [-0.3, -0.25) is 0 Å². The van der Waals surface area contributed by atoms with Gasteiger partial charge in [-0.1, -0.05) is 43.3 Å². The van der Waals surface area contributed by atoms with E-state index in [0.29, 0.717) is 5.92 Å². The second-order valence-electron chi connectivity index (χ2n) is 3.28. The Morgan fingerprint density at radius 3 is 2.64 bits per heavy atom. The second kappa shape index (κ2) is 5.99. The summed E-state index contributed by atoms with van der Waals surface area (Å²) in [6.07, 6.45) is 5.57. The van der Waals surface area contributed by atoms with Crippen LogP contribution in [0.2, 0.25) is 0 Å². The van der Waals surface area contributed by atoms with E-state index in [4.69, 9.17) is 5.26 Å². The van der Waals surface area contributed by atoms with Gasteiger partial charge >= 0.3 is 0 Å². The highest BCUT2D eigenvalue weighted by atomic mass is 14.2. The Morgan fingerprint density at radius 1 is 1.36 bits per heavy atom. The lowest BCUT2D eigenvalue weighted by molar-refractivity contribution is 0.674. The van der Waals surface area contributed by atoms with Gasteiger partial charge in [0.2, 0.25) is 0 Å². The van der Waals surface area contributed by atoms with E-state index in [0.717, 1.165) is 12.8 Å². The molecule has 0 aromatic heterocycles. The topological polar surface area (TPSA) is 23.8 Å². The van der Waals surface area contributed by atoms with Crippen LogP contribution in [0.4, 0.5) is 0 Å². The molecule has 1 nitrogen and oxygen atoms in total. The van der Waals surface area contributed by atoms with Crippen molar-refractivity contribution in [3.8, 4) is 6.07 Å². The molecule has 1 atom stereocenters. The van der Waals surface area contributed by atoms with Crippen molar-refractivity contribution in [2.45, 2.75) is 25.7 Å². The molecular formula is C13H15N. The number of allylic oxidation sites excluding steroid dienone is 2. The third-order valence-corrected chi connectivity index (χ3v) is 2.38. The van der Waals surface area contributed by atoms with E-state index in [1.165, 1.54) is 5.56 Å². The number of nitrogens with zero attached hydrogens (tertiary/aromatic N) is 1. The van der Waals surface area contributed by atoms with Gasteiger partial charge in [0.15, 0.2) is 0 Å².